The normalized spacial score (nSPS) is 19.6. The molecule has 0 bridgehead atoms. The molecule has 114 valence electrons. The van der Waals surface area contributed by atoms with Crippen LogP contribution < -0.4 is 0 Å². The van der Waals surface area contributed by atoms with Crippen LogP contribution in [0.3, 0.4) is 0 Å². The van der Waals surface area contributed by atoms with Crippen LogP contribution in [0.15, 0.2) is 49.1 Å². The average Bonchev–Trinajstić information content (AvgIpc) is 3.39. The van der Waals surface area contributed by atoms with E-state index in [1.54, 1.807) is 36.9 Å². The van der Waals surface area contributed by atoms with E-state index in [1.807, 2.05) is 0 Å². The third kappa shape index (κ3) is 2.67. The van der Waals surface area contributed by atoms with E-state index >= 15 is 0 Å². The first-order valence-corrected chi connectivity index (χ1v) is 7.26. The quantitative estimate of drug-likeness (QED) is 0.743. The fourth-order valence-electron chi connectivity index (χ4n) is 2.73. The van der Waals surface area contributed by atoms with Gasteiger partial charge in [-0.25, -0.2) is 28.7 Å². The van der Waals surface area contributed by atoms with Crippen molar-refractivity contribution in [3.8, 4) is 11.6 Å². The topological polar surface area (TPSA) is 51.6 Å². The van der Waals surface area contributed by atoms with Gasteiger partial charge in [0.15, 0.2) is 23.3 Å². The molecule has 1 aromatic carbocycles. The molecule has 1 saturated carbocycles. The molecule has 1 aliphatic rings. The molecule has 2 heterocycles. The average molecular weight is 310 g/mol. The molecule has 23 heavy (non-hydrogen) atoms. The first-order chi connectivity index (χ1) is 11.2. The summed E-state index contributed by atoms with van der Waals surface area (Å²) in [5, 5.41) is 0. The second-order valence-electron chi connectivity index (χ2n) is 5.53. The van der Waals surface area contributed by atoms with Gasteiger partial charge in [0.1, 0.15) is 0 Å². The summed E-state index contributed by atoms with van der Waals surface area (Å²) in [5.41, 5.74) is 1.80. The van der Waals surface area contributed by atoms with Crippen LogP contribution >= 0.6 is 0 Å². The van der Waals surface area contributed by atoms with E-state index in [0.29, 0.717) is 11.6 Å². The van der Waals surface area contributed by atoms with E-state index in [4.69, 9.17) is 0 Å². The maximum absolute atomic E-state index is 13.3. The highest BCUT2D eigenvalue weighted by atomic mass is 19.2. The predicted octanol–water partition coefficient (Wildman–Crippen LogP) is 3.48. The summed E-state index contributed by atoms with van der Waals surface area (Å²) >= 11 is 0. The Morgan fingerprint density at radius 2 is 1.43 bits per heavy atom. The van der Waals surface area contributed by atoms with Crippen molar-refractivity contribution in [2.45, 2.75) is 18.3 Å². The van der Waals surface area contributed by atoms with Gasteiger partial charge in [-0.1, -0.05) is 6.07 Å². The van der Waals surface area contributed by atoms with Crippen molar-refractivity contribution in [2.24, 2.45) is 0 Å². The van der Waals surface area contributed by atoms with E-state index in [9.17, 15) is 8.78 Å². The maximum Gasteiger partial charge on any atom is 0.197 e. The van der Waals surface area contributed by atoms with Gasteiger partial charge >= 0.3 is 0 Å². The zero-order chi connectivity index (χ0) is 15.8. The molecule has 3 aromatic rings. The lowest BCUT2D eigenvalue weighted by molar-refractivity contribution is 0.507. The predicted molar refractivity (Wildman–Crippen MR) is 79.5 cm³/mol. The number of benzene rings is 1. The molecule has 4 nitrogen and oxygen atoms in total. The summed E-state index contributed by atoms with van der Waals surface area (Å²) in [6, 6.07) is 5.81. The fourth-order valence-corrected chi connectivity index (χ4v) is 2.73. The van der Waals surface area contributed by atoms with Gasteiger partial charge in [0.25, 0.3) is 0 Å². The standard InChI is InChI=1S/C17H12F2N4/c18-14-3-2-10(6-15(14)19)12-7-13(12)11-8-22-17(23-9-11)16-20-4-1-5-21-16/h1-6,8-9,12-13H,7H2/t12-,13-/m0/s1. The van der Waals surface area contributed by atoms with Crippen LogP contribution in [-0.2, 0) is 0 Å². The molecule has 0 aliphatic heterocycles. The molecule has 0 amide bonds. The van der Waals surface area contributed by atoms with Gasteiger partial charge in [-0.05, 0) is 47.6 Å². The van der Waals surface area contributed by atoms with Crippen LogP contribution in [-0.4, -0.2) is 19.9 Å². The molecule has 0 saturated heterocycles. The van der Waals surface area contributed by atoms with Crippen molar-refractivity contribution in [1.29, 1.82) is 0 Å². The van der Waals surface area contributed by atoms with E-state index in [2.05, 4.69) is 19.9 Å². The minimum absolute atomic E-state index is 0.188. The molecule has 0 radical (unpaired) electrons. The highest BCUT2D eigenvalue weighted by Gasteiger charge is 2.40. The summed E-state index contributed by atoms with van der Waals surface area (Å²) in [7, 11) is 0. The molecule has 1 fully saturated rings. The second kappa shape index (κ2) is 5.46. The SMILES string of the molecule is Fc1ccc([C@@H]2C[C@H]2c2cnc(-c3ncccn3)nc2)cc1F. The van der Waals surface area contributed by atoms with Gasteiger partial charge in [-0.3, -0.25) is 0 Å². The summed E-state index contributed by atoms with van der Waals surface area (Å²) in [6.45, 7) is 0. The summed E-state index contributed by atoms with van der Waals surface area (Å²) in [5.74, 6) is -0.244. The van der Waals surface area contributed by atoms with Crippen LogP contribution in [0.1, 0.15) is 29.4 Å². The van der Waals surface area contributed by atoms with Crippen molar-refractivity contribution < 1.29 is 8.78 Å². The highest BCUT2D eigenvalue weighted by molar-refractivity contribution is 5.43. The first kappa shape index (κ1) is 13.9. The van der Waals surface area contributed by atoms with E-state index in [-0.39, 0.29) is 11.8 Å². The number of hydrogen-bond acceptors (Lipinski definition) is 4. The van der Waals surface area contributed by atoms with Gasteiger partial charge < -0.3 is 0 Å². The van der Waals surface area contributed by atoms with Crippen molar-refractivity contribution in [1.82, 2.24) is 19.9 Å². The highest BCUT2D eigenvalue weighted by Crippen LogP contribution is 2.54. The van der Waals surface area contributed by atoms with E-state index < -0.39 is 11.6 Å². The van der Waals surface area contributed by atoms with Crippen molar-refractivity contribution in [3.63, 3.8) is 0 Å². The second-order valence-corrected chi connectivity index (χ2v) is 5.53. The number of rotatable bonds is 3. The molecule has 2 atom stereocenters. The van der Waals surface area contributed by atoms with Crippen LogP contribution in [0.2, 0.25) is 0 Å². The fraction of sp³-hybridized carbons (Fsp3) is 0.176. The Hall–Kier alpha value is -2.76. The van der Waals surface area contributed by atoms with Gasteiger partial charge in [0.05, 0.1) is 0 Å². The molecule has 0 N–H and O–H groups in total. The Kier molecular flexibility index (Phi) is 3.29. The van der Waals surface area contributed by atoms with Crippen LogP contribution in [0, 0.1) is 11.6 Å². The molecular weight excluding hydrogens is 298 g/mol. The number of halogens is 2. The molecule has 0 unspecified atom stereocenters. The van der Waals surface area contributed by atoms with Crippen LogP contribution in [0.4, 0.5) is 8.78 Å². The summed E-state index contributed by atoms with van der Waals surface area (Å²) < 4.78 is 26.3. The first-order valence-electron chi connectivity index (χ1n) is 7.26. The monoisotopic (exact) mass is 310 g/mol. The number of nitrogens with zero attached hydrogens (tertiary/aromatic N) is 4. The van der Waals surface area contributed by atoms with Crippen molar-refractivity contribution in [2.75, 3.05) is 0 Å². The Bertz CT molecular complexity index is 837. The third-order valence-electron chi connectivity index (χ3n) is 4.03. The zero-order valence-electron chi connectivity index (χ0n) is 12.0. The largest absolute Gasteiger partial charge is 0.234 e. The number of hydrogen-bond donors (Lipinski definition) is 0. The number of aromatic nitrogens is 4. The Labute approximate surface area is 131 Å². The van der Waals surface area contributed by atoms with Gasteiger partial charge in [-0.15, -0.1) is 0 Å². The smallest absolute Gasteiger partial charge is 0.197 e. The van der Waals surface area contributed by atoms with Crippen LogP contribution in [0.5, 0.6) is 0 Å². The summed E-state index contributed by atoms with van der Waals surface area (Å²) in [6.07, 6.45) is 7.67. The molecular formula is C17H12F2N4. The third-order valence-corrected chi connectivity index (χ3v) is 4.03. The molecule has 4 rings (SSSR count). The van der Waals surface area contributed by atoms with Gasteiger partial charge in [-0.2, -0.15) is 0 Å². The minimum atomic E-state index is -0.818. The lowest BCUT2D eigenvalue weighted by atomic mass is 10.1. The minimum Gasteiger partial charge on any atom is -0.234 e. The molecule has 0 spiro atoms. The molecule has 6 heteroatoms. The molecule has 1 aliphatic carbocycles. The zero-order valence-corrected chi connectivity index (χ0v) is 12.0. The maximum atomic E-state index is 13.3. The Balaban J connectivity index is 1.53. The van der Waals surface area contributed by atoms with E-state index in [0.717, 1.165) is 17.5 Å². The molecule has 2 aromatic heterocycles. The van der Waals surface area contributed by atoms with Crippen molar-refractivity contribution >= 4 is 0 Å². The lowest BCUT2D eigenvalue weighted by Gasteiger charge is -2.03. The summed E-state index contributed by atoms with van der Waals surface area (Å²) in [4.78, 5) is 16.8. The van der Waals surface area contributed by atoms with Crippen molar-refractivity contribution in [3.05, 3.63) is 71.8 Å². The Morgan fingerprint density at radius 3 is 2.13 bits per heavy atom. The Morgan fingerprint density at radius 1 is 0.783 bits per heavy atom. The lowest BCUT2D eigenvalue weighted by Crippen LogP contribution is -1.96. The van der Waals surface area contributed by atoms with Gasteiger partial charge in [0, 0.05) is 24.8 Å². The van der Waals surface area contributed by atoms with Gasteiger partial charge in [0.2, 0.25) is 0 Å². The van der Waals surface area contributed by atoms with Crippen LogP contribution in [0.25, 0.3) is 11.6 Å². The van der Waals surface area contributed by atoms with E-state index in [1.165, 1.54) is 12.1 Å².